The summed E-state index contributed by atoms with van der Waals surface area (Å²) in [5, 5.41) is 0.836. The molecule has 13 heavy (non-hydrogen) atoms. The molecule has 0 aromatic heterocycles. The molecule has 0 bridgehead atoms. The third kappa shape index (κ3) is 2.77. The Bertz CT molecular complexity index is 312. The molecule has 1 aromatic rings. The van der Waals surface area contributed by atoms with Crippen molar-refractivity contribution in [3.8, 4) is 0 Å². The average molecular weight is 353 g/mol. The third-order valence-electron chi connectivity index (χ3n) is 1.91. The molecular formula is C10H10BrIO. The molecule has 0 fully saturated rings. The standard InChI is InChI=1S/C10H10BrIO/c1-7(6-13)9-4-8(5-11)2-3-10(9)12/h2-4,6-7H,5H2,1H3. The smallest absolute Gasteiger partial charge is 0.127 e. The molecule has 0 heterocycles. The maximum Gasteiger partial charge on any atom is 0.127 e. The number of benzene rings is 1. The van der Waals surface area contributed by atoms with E-state index in [4.69, 9.17) is 0 Å². The predicted octanol–water partition coefficient (Wildman–Crippen LogP) is 3.49. The second kappa shape index (κ2) is 5.10. The monoisotopic (exact) mass is 352 g/mol. The molecular weight excluding hydrogens is 343 g/mol. The summed E-state index contributed by atoms with van der Waals surface area (Å²) in [4.78, 5) is 10.6. The number of aldehydes is 1. The predicted molar refractivity (Wildman–Crippen MR) is 66.3 cm³/mol. The summed E-state index contributed by atoms with van der Waals surface area (Å²) in [7, 11) is 0. The lowest BCUT2D eigenvalue weighted by atomic mass is 10.0. The van der Waals surface area contributed by atoms with Gasteiger partial charge in [0.1, 0.15) is 6.29 Å². The zero-order valence-electron chi connectivity index (χ0n) is 7.26. The van der Waals surface area contributed by atoms with Crippen LogP contribution in [0.5, 0.6) is 0 Å². The molecule has 1 aromatic carbocycles. The fourth-order valence-electron chi connectivity index (χ4n) is 1.10. The second-order valence-electron chi connectivity index (χ2n) is 2.91. The summed E-state index contributed by atoms with van der Waals surface area (Å²) in [6, 6.07) is 6.19. The van der Waals surface area contributed by atoms with E-state index in [1.54, 1.807) is 0 Å². The quantitative estimate of drug-likeness (QED) is 0.462. The first-order chi connectivity index (χ1) is 6.19. The van der Waals surface area contributed by atoms with Crippen molar-refractivity contribution in [2.24, 2.45) is 0 Å². The molecule has 0 spiro atoms. The van der Waals surface area contributed by atoms with Crippen LogP contribution in [-0.4, -0.2) is 6.29 Å². The first kappa shape index (κ1) is 11.2. The highest BCUT2D eigenvalue weighted by molar-refractivity contribution is 14.1. The van der Waals surface area contributed by atoms with Gasteiger partial charge in [0, 0.05) is 14.8 Å². The molecule has 0 aliphatic heterocycles. The van der Waals surface area contributed by atoms with Crippen LogP contribution in [0.4, 0.5) is 0 Å². The van der Waals surface area contributed by atoms with Gasteiger partial charge in [-0.05, 0) is 39.8 Å². The van der Waals surface area contributed by atoms with Crippen LogP contribution >= 0.6 is 38.5 Å². The minimum absolute atomic E-state index is 0.00843. The van der Waals surface area contributed by atoms with Gasteiger partial charge in [-0.2, -0.15) is 0 Å². The molecule has 0 aliphatic carbocycles. The van der Waals surface area contributed by atoms with Gasteiger partial charge in [-0.15, -0.1) is 0 Å². The van der Waals surface area contributed by atoms with Gasteiger partial charge in [0.05, 0.1) is 0 Å². The lowest BCUT2D eigenvalue weighted by Crippen LogP contribution is -1.98. The molecule has 0 saturated carbocycles. The van der Waals surface area contributed by atoms with E-state index in [0.29, 0.717) is 0 Å². The van der Waals surface area contributed by atoms with Crippen LogP contribution in [0.1, 0.15) is 24.0 Å². The second-order valence-corrected chi connectivity index (χ2v) is 4.64. The van der Waals surface area contributed by atoms with Gasteiger partial charge in [0.2, 0.25) is 0 Å². The lowest BCUT2D eigenvalue weighted by molar-refractivity contribution is -0.108. The topological polar surface area (TPSA) is 17.1 Å². The maximum atomic E-state index is 10.6. The van der Waals surface area contributed by atoms with Crippen LogP contribution in [0.25, 0.3) is 0 Å². The molecule has 1 atom stereocenters. The minimum atomic E-state index is -0.00843. The number of alkyl halides is 1. The Morgan fingerprint density at radius 2 is 2.31 bits per heavy atom. The van der Waals surface area contributed by atoms with Gasteiger partial charge in [-0.25, -0.2) is 0 Å². The van der Waals surface area contributed by atoms with Crippen molar-refractivity contribution in [1.29, 1.82) is 0 Å². The molecule has 0 N–H and O–H groups in total. The highest BCUT2D eigenvalue weighted by Gasteiger charge is 2.08. The average Bonchev–Trinajstić information content (AvgIpc) is 2.17. The summed E-state index contributed by atoms with van der Waals surface area (Å²) in [6.45, 7) is 1.92. The summed E-state index contributed by atoms with van der Waals surface area (Å²) < 4.78 is 1.15. The van der Waals surface area contributed by atoms with Crippen molar-refractivity contribution in [3.05, 3.63) is 32.9 Å². The Labute approximate surface area is 100 Å². The van der Waals surface area contributed by atoms with Crippen LogP contribution in [0.15, 0.2) is 18.2 Å². The van der Waals surface area contributed by atoms with Crippen LogP contribution in [0.2, 0.25) is 0 Å². The van der Waals surface area contributed by atoms with Crippen molar-refractivity contribution in [2.75, 3.05) is 0 Å². The SMILES string of the molecule is CC(C=O)c1cc(CBr)ccc1I. The number of hydrogen-bond donors (Lipinski definition) is 0. The largest absolute Gasteiger partial charge is 0.303 e. The van der Waals surface area contributed by atoms with E-state index < -0.39 is 0 Å². The van der Waals surface area contributed by atoms with Crippen LogP contribution < -0.4 is 0 Å². The Morgan fingerprint density at radius 3 is 2.85 bits per heavy atom. The molecule has 1 nitrogen and oxygen atoms in total. The van der Waals surface area contributed by atoms with E-state index in [9.17, 15) is 4.79 Å². The van der Waals surface area contributed by atoms with Gasteiger partial charge in [0.25, 0.3) is 0 Å². The van der Waals surface area contributed by atoms with Gasteiger partial charge >= 0.3 is 0 Å². The molecule has 70 valence electrons. The third-order valence-corrected chi connectivity index (χ3v) is 3.54. The first-order valence-electron chi connectivity index (χ1n) is 3.98. The summed E-state index contributed by atoms with van der Waals surface area (Å²) in [5.41, 5.74) is 2.33. The van der Waals surface area contributed by atoms with Gasteiger partial charge in [-0.1, -0.05) is 35.0 Å². The molecule has 0 saturated heterocycles. The number of carbonyl (C=O) groups is 1. The number of rotatable bonds is 3. The van der Waals surface area contributed by atoms with Crippen molar-refractivity contribution in [2.45, 2.75) is 18.2 Å². The van der Waals surface area contributed by atoms with E-state index in [-0.39, 0.29) is 5.92 Å². The normalized spacial score (nSPS) is 12.5. The van der Waals surface area contributed by atoms with Crippen LogP contribution in [0, 0.1) is 3.57 Å². The Kier molecular flexibility index (Phi) is 4.38. The van der Waals surface area contributed by atoms with Crippen molar-refractivity contribution in [1.82, 2.24) is 0 Å². The molecule has 0 aliphatic rings. The highest BCUT2D eigenvalue weighted by Crippen LogP contribution is 2.22. The lowest BCUT2D eigenvalue weighted by Gasteiger charge is -2.08. The summed E-state index contributed by atoms with van der Waals surface area (Å²) >= 11 is 5.65. The molecule has 3 heteroatoms. The van der Waals surface area contributed by atoms with E-state index >= 15 is 0 Å². The number of carbonyl (C=O) groups excluding carboxylic acids is 1. The molecule has 0 amide bonds. The fourth-order valence-corrected chi connectivity index (χ4v) is 2.27. The van der Waals surface area contributed by atoms with E-state index in [1.165, 1.54) is 5.56 Å². The van der Waals surface area contributed by atoms with Crippen LogP contribution in [-0.2, 0) is 10.1 Å². The summed E-state index contributed by atoms with van der Waals surface area (Å²) in [5.74, 6) is -0.00843. The fraction of sp³-hybridized carbons (Fsp3) is 0.300. The Morgan fingerprint density at radius 1 is 1.62 bits per heavy atom. The van der Waals surface area contributed by atoms with Gasteiger partial charge in [-0.3, -0.25) is 0 Å². The van der Waals surface area contributed by atoms with Crippen LogP contribution in [0.3, 0.4) is 0 Å². The van der Waals surface area contributed by atoms with Crippen molar-refractivity contribution >= 4 is 44.8 Å². The highest BCUT2D eigenvalue weighted by atomic mass is 127. The molecule has 1 rings (SSSR count). The molecule has 1 unspecified atom stereocenters. The molecule has 0 radical (unpaired) electrons. The Hall–Kier alpha value is 0.1000. The van der Waals surface area contributed by atoms with Gasteiger partial charge in [0.15, 0.2) is 0 Å². The zero-order valence-corrected chi connectivity index (χ0v) is 11.0. The van der Waals surface area contributed by atoms with Gasteiger partial charge < -0.3 is 4.79 Å². The van der Waals surface area contributed by atoms with Crippen molar-refractivity contribution < 1.29 is 4.79 Å². The Balaban J connectivity index is 3.10. The number of halogens is 2. The maximum absolute atomic E-state index is 10.6. The van der Waals surface area contributed by atoms with E-state index in [2.05, 4.69) is 50.7 Å². The number of hydrogen-bond acceptors (Lipinski definition) is 1. The minimum Gasteiger partial charge on any atom is -0.303 e. The van der Waals surface area contributed by atoms with Crippen molar-refractivity contribution in [3.63, 3.8) is 0 Å². The summed E-state index contributed by atoms with van der Waals surface area (Å²) in [6.07, 6.45) is 0.982. The van der Waals surface area contributed by atoms with E-state index in [0.717, 1.165) is 20.7 Å². The first-order valence-corrected chi connectivity index (χ1v) is 6.18. The van der Waals surface area contributed by atoms with E-state index in [1.807, 2.05) is 13.0 Å². The zero-order chi connectivity index (χ0) is 9.84.